The van der Waals surface area contributed by atoms with E-state index in [-0.39, 0.29) is 12.1 Å². The van der Waals surface area contributed by atoms with Gasteiger partial charge in [-0.3, -0.25) is 0 Å². The largest absolute Gasteiger partial charge is 0.475 e. The number of amides is 2. The quantitative estimate of drug-likeness (QED) is 0.795. The fourth-order valence-electron chi connectivity index (χ4n) is 3.04. The second-order valence-corrected chi connectivity index (χ2v) is 7.33. The van der Waals surface area contributed by atoms with E-state index < -0.39 is 0 Å². The molecule has 0 aliphatic carbocycles. The highest BCUT2D eigenvalue weighted by Gasteiger charge is 2.21. The SMILES string of the molecule is CC(C)Oc1ccc(CNC(=O)NC[C@@H]2CCCN(C(C)C)C2)cn1. The maximum absolute atomic E-state index is 12.0. The van der Waals surface area contributed by atoms with Crippen LogP contribution in [0.3, 0.4) is 0 Å². The van der Waals surface area contributed by atoms with Gasteiger partial charge >= 0.3 is 6.03 Å². The molecule has 0 spiro atoms. The molecule has 2 heterocycles. The second kappa shape index (κ2) is 9.61. The summed E-state index contributed by atoms with van der Waals surface area (Å²) in [4.78, 5) is 18.7. The molecule has 1 aromatic heterocycles. The number of aromatic nitrogens is 1. The summed E-state index contributed by atoms with van der Waals surface area (Å²) in [5, 5.41) is 5.89. The van der Waals surface area contributed by atoms with Crippen LogP contribution in [0.15, 0.2) is 18.3 Å². The summed E-state index contributed by atoms with van der Waals surface area (Å²) in [7, 11) is 0. The molecular weight excluding hydrogens is 316 g/mol. The topological polar surface area (TPSA) is 66.5 Å². The molecular formula is C19H32N4O2. The van der Waals surface area contributed by atoms with Crippen molar-refractivity contribution in [3.8, 4) is 5.88 Å². The third kappa shape index (κ3) is 6.90. The number of pyridine rings is 1. The Kier molecular flexibility index (Phi) is 7.50. The van der Waals surface area contributed by atoms with Crippen molar-refractivity contribution in [2.45, 2.75) is 59.2 Å². The van der Waals surface area contributed by atoms with Gasteiger partial charge in [0.15, 0.2) is 0 Å². The van der Waals surface area contributed by atoms with Crippen LogP contribution in [0.5, 0.6) is 5.88 Å². The number of hydrogen-bond acceptors (Lipinski definition) is 4. The maximum atomic E-state index is 12.0. The van der Waals surface area contributed by atoms with E-state index in [0.717, 1.165) is 18.7 Å². The first-order valence-electron chi connectivity index (χ1n) is 9.31. The van der Waals surface area contributed by atoms with Gasteiger partial charge in [-0.2, -0.15) is 0 Å². The Morgan fingerprint density at radius 2 is 2.12 bits per heavy atom. The van der Waals surface area contributed by atoms with E-state index in [2.05, 4.69) is 34.4 Å². The van der Waals surface area contributed by atoms with Crippen molar-refractivity contribution in [3.05, 3.63) is 23.9 Å². The molecule has 0 radical (unpaired) electrons. The molecule has 0 unspecified atom stereocenters. The summed E-state index contributed by atoms with van der Waals surface area (Å²) in [5.74, 6) is 1.14. The van der Waals surface area contributed by atoms with Crippen molar-refractivity contribution in [1.82, 2.24) is 20.5 Å². The molecule has 0 saturated carbocycles. The summed E-state index contributed by atoms with van der Waals surface area (Å²) in [6.07, 6.45) is 4.24. The van der Waals surface area contributed by atoms with Gasteiger partial charge in [0, 0.05) is 37.9 Å². The van der Waals surface area contributed by atoms with Gasteiger partial charge in [-0.25, -0.2) is 9.78 Å². The molecule has 1 aliphatic heterocycles. The van der Waals surface area contributed by atoms with E-state index in [1.807, 2.05) is 26.0 Å². The van der Waals surface area contributed by atoms with E-state index in [1.165, 1.54) is 19.4 Å². The molecule has 2 amide bonds. The van der Waals surface area contributed by atoms with Gasteiger partial charge in [-0.1, -0.05) is 6.07 Å². The maximum Gasteiger partial charge on any atom is 0.315 e. The van der Waals surface area contributed by atoms with Gasteiger partial charge in [0.2, 0.25) is 5.88 Å². The smallest absolute Gasteiger partial charge is 0.315 e. The number of ether oxygens (including phenoxy) is 1. The average Bonchev–Trinajstić information content (AvgIpc) is 2.59. The van der Waals surface area contributed by atoms with Gasteiger partial charge in [0.25, 0.3) is 0 Å². The Morgan fingerprint density at radius 1 is 1.32 bits per heavy atom. The van der Waals surface area contributed by atoms with Gasteiger partial charge in [0.05, 0.1) is 6.10 Å². The zero-order valence-electron chi connectivity index (χ0n) is 15.9. The number of carbonyl (C=O) groups excluding carboxylic acids is 1. The summed E-state index contributed by atoms with van der Waals surface area (Å²) < 4.78 is 5.51. The Hall–Kier alpha value is -1.82. The molecule has 1 fully saturated rings. The van der Waals surface area contributed by atoms with Crippen LogP contribution in [0.25, 0.3) is 0 Å². The molecule has 25 heavy (non-hydrogen) atoms. The first-order valence-corrected chi connectivity index (χ1v) is 9.31. The minimum absolute atomic E-state index is 0.105. The van der Waals surface area contributed by atoms with Gasteiger partial charge < -0.3 is 20.3 Å². The number of nitrogens with one attached hydrogen (secondary N) is 2. The number of likely N-dealkylation sites (tertiary alicyclic amines) is 1. The normalized spacial score (nSPS) is 18.4. The highest BCUT2D eigenvalue weighted by atomic mass is 16.5. The lowest BCUT2D eigenvalue weighted by Crippen LogP contribution is -2.45. The minimum Gasteiger partial charge on any atom is -0.475 e. The Morgan fingerprint density at radius 3 is 2.76 bits per heavy atom. The van der Waals surface area contributed by atoms with Crippen LogP contribution in [-0.2, 0) is 6.54 Å². The fourth-order valence-corrected chi connectivity index (χ4v) is 3.04. The summed E-state index contributed by atoms with van der Waals surface area (Å²) in [6, 6.07) is 4.21. The minimum atomic E-state index is -0.121. The van der Waals surface area contributed by atoms with Gasteiger partial charge in [-0.15, -0.1) is 0 Å². The molecule has 140 valence electrons. The predicted molar refractivity (Wildman–Crippen MR) is 99.7 cm³/mol. The Labute approximate surface area is 151 Å². The monoisotopic (exact) mass is 348 g/mol. The zero-order chi connectivity index (χ0) is 18.2. The van der Waals surface area contributed by atoms with Crippen molar-refractivity contribution in [2.75, 3.05) is 19.6 Å². The standard InChI is InChI=1S/C19H32N4O2/c1-14(2)23-9-5-6-17(13-23)12-22-19(24)21-11-16-7-8-18(20-10-16)25-15(3)4/h7-8,10,14-15,17H,5-6,9,11-13H2,1-4H3,(H2,21,22,24)/t17-/m0/s1. The van der Waals surface area contributed by atoms with Crippen molar-refractivity contribution in [1.29, 1.82) is 0 Å². The van der Waals surface area contributed by atoms with Crippen LogP contribution in [-0.4, -0.2) is 47.7 Å². The molecule has 0 aromatic carbocycles. The van der Waals surface area contributed by atoms with Crippen LogP contribution in [0.4, 0.5) is 4.79 Å². The molecule has 1 aliphatic rings. The lowest BCUT2D eigenvalue weighted by Gasteiger charge is -2.35. The van der Waals surface area contributed by atoms with E-state index in [9.17, 15) is 4.79 Å². The number of rotatable bonds is 7. The summed E-state index contributed by atoms with van der Waals surface area (Å²) in [6.45, 7) is 11.8. The molecule has 2 N–H and O–H groups in total. The molecule has 1 aromatic rings. The Bertz CT molecular complexity index is 531. The third-order valence-electron chi connectivity index (χ3n) is 4.44. The van der Waals surface area contributed by atoms with Crippen LogP contribution in [0.1, 0.15) is 46.1 Å². The third-order valence-corrected chi connectivity index (χ3v) is 4.44. The van der Waals surface area contributed by atoms with Crippen molar-refractivity contribution in [3.63, 3.8) is 0 Å². The molecule has 6 nitrogen and oxygen atoms in total. The van der Waals surface area contributed by atoms with Crippen LogP contribution < -0.4 is 15.4 Å². The molecule has 6 heteroatoms. The van der Waals surface area contributed by atoms with E-state index in [0.29, 0.717) is 24.4 Å². The van der Waals surface area contributed by atoms with Crippen LogP contribution in [0, 0.1) is 5.92 Å². The number of nitrogens with zero attached hydrogens (tertiary/aromatic N) is 2. The first-order chi connectivity index (χ1) is 11.9. The molecule has 1 atom stereocenters. The van der Waals surface area contributed by atoms with E-state index in [1.54, 1.807) is 6.20 Å². The van der Waals surface area contributed by atoms with Gasteiger partial charge in [-0.05, 0) is 58.6 Å². The summed E-state index contributed by atoms with van der Waals surface area (Å²) >= 11 is 0. The summed E-state index contributed by atoms with van der Waals surface area (Å²) in [5.41, 5.74) is 0.954. The number of piperidine rings is 1. The molecule has 0 bridgehead atoms. The highest BCUT2D eigenvalue weighted by Crippen LogP contribution is 2.17. The van der Waals surface area contributed by atoms with Crippen molar-refractivity contribution in [2.24, 2.45) is 5.92 Å². The second-order valence-electron chi connectivity index (χ2n) is 7.33. The van der Waals surface area contributed by atoms with E-state index in [4.69, 9.17) is 4.74 Å². The first kappa shape index (κ1) is 19.5. The lowest BCUT2D eigenvalue weighted by molar-refractivity contribution is 0.139. The van der Waals surface area contributed by atoms with Crippen LogP contribution in [0.2, 0.25) is 0 Å². The molecule has 2 rings (SSSR count). The molecule has 1 saturated heterocycles. The lowest BCUT2D eigenvalue weighted by atomic mass is 9.97. The zero-order valence-corrected chi connectivity index (χ0v) is 15.9. The Balaban J connectivity index is 1.68. The predicted octanol–water partition coefficient (Wildman–Crippen LogP) is 2.79. The van der Waals surface area contributed by atoms with E-state index >= 15 is 0 Å². The van der Waals surface area contributed by atoms with Crippen LogP contribution >= 0.6 is 0 Å². The number of hydrogen-bond donors (Lipinski definition) is 2. The van der Waals surface area contributed by atoms with Gasteiger partial charge in [0.1, 0.15) is 0 Å². The average molecular weight is 348 g/mol. The van der Waals surface area contributed by atoms with Crippen molar-refractivity contribution < 1.29 is 9.53 Å². The highest BCUT2D eigenvalue weighted by molar-refractivity contribution is 5.73. The fraction of sp³-hybridized carbons (Fsp3) is 0.684. The number of urea groups is 1. The number of carbonyl (C=O) groups is 1. The van der Waals surface area contributed by atoms with Crippen molar-refractivity contribution >= 4 is 6.03 Å².